The van der Waals surface area contributed by atoms with Gasteiger partial charge in [-0.05, 0) is 41.0 Å². The van der Waals surface area contributed by atoms with Crippen molar-refractivity contribution in [1.29, 1.82) is 0 Å². The lowest BCUT2D eigenvalue weighted by molar-refractivity contribution is 0.551. The molecule has 2 aliphatic carbocycles. The smallest absolute Gasteiger partial charge is 0.0584 e. The van der Waals surface area contributed by atoms with E-state index in [2.05, 4.69) is 60.8 Å². The van der Waals surface area contributed by atoms with Gasteiger partial charge in [0.05, 0.1) is 6.04 Å². The van der Waals surface area contributed by atoms with Crippen LogP contribution < -0.4 is 5.32 Å². The Hall–Kier alpha value is -1.60. The van der Waals surface area contributed by atoms with Gasteiger partial charge in [-0.2, -0.15) is 0 Å². The Bertz CT molecular complexity index is 586. The Morgan fingerprint density at radius 1 is 0.950 bits per heavy atom. The molecule has 0 radical (unpaired) electrons. The summed E-state index contributed by atoms with van der Waals surface area (Å²) in [4.78, 5) is 0. The van der Waals surface area contributed by atoms with Gasteiger partial charge < -0.3 is 5.32 Å². The fourth-order valence-electron chi connectivity index (χ4n) is 3.62. The van der Waals surface area contributed by atoms with Gasteiger partial charge in [0.2, 0.25) is 0 Å². The maximum absolute atomic E-state index is 3.91. The number of hydrogen-bond acceptors (Lipinski definition) is 1. The zero-order valence-electron chi connectivity index (χ0n) is 12.0. The van der Waals surface area contributed by atoms with Crippen LogP contribution in [0.15, 0.2) is 48.5 Å². The molecule has 1 heteroatoms. The number of nitrogens with one attached hydrogen (secondary N) is 1. The lowest BCUT2D eigenvalue weighted by atomic mass is 9.82. The van der Waals surface area contributed by atoms with E-state index in [-0.39, 0.29) is 0 Å². The number of rotatable bonds is 3. The third-order valence-corrected chi connectivity index (χ3v) is 4.94. The Morgan fingerprint density at radius 3 is 2.10 bits per heavy atom. The molecule has 1 saturated carbocycles. The van der Waals surface area contributed by atoms with E-state index in [1.807, 2.05) is 0 Å². The SMILES string of the molecule is CCC1CC1NC1c2ccccc2Cc2ccccc21. The van der Waals surface area contributed by atoms with Gasteiger partial charge in [0.15, 0.2) is 0 Å². The van der Waals surface area contributed by atoms with E-state index < -0.39 is 0 Å². The number of benzene rings is 2. The van der Waals surface area contributed by atoms with Crippen molar-refractivity contribution < 1.29 is 0 Å². The molecule has 2 aliphatic rings. The van der Waals surface area contributed by atoms with Crippen LogP contribution in [0.1, 0.15) is 48.1 Å². The van der Waals surface area contributed by atoms with Crippen LogP contribution in [-0.2, 0) is 6.42 Å². The molecule has 0 bridgehead atoms. The summed E-state index contributed by atoms with van der Waals surface area (Å²) in [6, 6.07) is 18.9. The molecule has 102 valence electrons. The van der Waals surface area contributed by atoms with E-state index >= 15 is 0 Å². The maximum Gasteiger partial charge on any atom is 0.0584 e. The average Bonchev–Trinajstić information content (AvgIpc) is 3.25. The molecule has 1 nitrogen and oxygen atoms in total. The van der Waals surface area contributed by atoms with Gasteiger partial charge in [-0.3, -0.25) is 0 Å². The van der Waals surface area contributed by atoms with E-state index in [1.165, 1.54) is 35.1 Å². The first-order valence-corrected chi connectivity index (χ1v) is 7.78. The molecule has 1 N–H and O–H groups in total. The van der Waals surface area contributed by atoms with E-state index in [9.17, 15) is 0 Å². The predicted octanol–water partition coefficient (Wildman–Crippen LogP) is 4.07. The molecule has 20 heavy (non-hydrogen) atoms. The standard InChI is InChI=1S/C19H21N/c1-2-13-12-18(13)20-19-16-9-5-3-7-14(16)11-15-8-4-6-10-17(15)19/h3-10,13,18-20H,2,11-12H2,1H3. The molecular weight excluding hydrogens is 242 g/mol. The summed E-state index contributed by atoms with van der Waals surface area (Å²) < 4.78 is 0. The largest absolute Gasteiger partial charge is 0.303 e. The van der Waals surface area contributed by atoms with E-state index in [0.29, 0.717) is 12.1 Å². The molecule has 4 rings (SSSR count). The van der Waals surface area contributed by atoms with Crippen molar-refractivity contribution in [1.82, 2.24) is 5.32 Å². The highest BCUT2D eigenvalue weighted by Crippen LogP contribution is 2.40. The van der Waals surface area contributed by atoms with Crippen molar-refractivity contribution in [3.05, 3.63) is 70.8 Å². The second-order valence-electron chi connectivity index (χ2n) is 6.18. The fourth-order valence-corrected chi connectivity index (χ4v) is 3.62. The Morgan fingerprint density at radius 2 is 1.55 bits per heavy atom. The average molecular weight is 263 g/mol. The molecular formula is C19H21N. The van der Waals surface area contributed by atoms with Crippen LogP contribution in [0.5, 0.6) is 0 Å². The zero-order chi connectivity index (χ0) is 13.5. The van der Waals surface area contributed by atoms with Crippen LogP contribution in [-0.4, -0.2) is 6.04 Å². The van der Waals surface area contributed by atoms with E-state index in [0.717, 1.165) is 12.3 Å². The first-order chi connectivity index (χ1) is 9.86. The van der Waals surface area contributed by atoms with Gasteiger partial charge in [-0.15, -0.1) is 0 Å². The topological polar surface area (TPSA) is 12.0 Å². The number of fused-ring (bicyclic) bond motifs is 2. The lowest BCUT2D eigenvalue weighted by Gasteiger charge is -2.29. The Balaban J connectivity index is 1.73. The van der Waals surface area contributed by atoms with Crippen molar-refractivity contribution in [2.24, 2.45) is 5.92 Å². The normalized spacial score (nSPS) is 24.1. The first-order valence-electron chi connectivity index (χ1n) is 7.78. The third kappa shape index (κ3) is 1.97. The third-order valence-electron chi connectivity index (χ3n) is 4.94. The summed E-state index contributed by atoms with van der Waals surface area (Å²) in [5.41, 5.74) is 5.93. The van der Waals surface area contributed by atoms with Crippen molar-refractivity contribution in [3.8, 4) is 0 Å². The molecule has 0 heterocycles. The van der Waals surface area contributed by atoms with Crippen LogP contribution in [0, 0.1) is 5.92 Å². The quantitative estimate of drug-likeness (QED) is 0.880. The molecule has 2 aromatic carbocycles. The summed E-state index contributed by atoms with van der Waals surface area (Å²) in [7, 11) is 0. The molecule has 0 amide bonds. The summed E-state index contributed by atoms with van der Waals surface area (Å²) in [5.74, 6) is 0.885. The van der Waals surface area contributed by atoms with Gasteiger partial charge >= 0.3 is 0 Å². The molecule has 2 unspecified atom stereocenters. The van der Waals surface area contributed by atoms with Gasteiger partial charge in [0.1, 0.15) is 0 Å². The minimum absolute atomic E-state index is 0.387. The second-order valence-corrected chi connectivity index (χ2v) is 6.18. The highest BCUT2D eigenvalue weighted by atomic mass is 15.0. The maximum atomic E-state index is 3.91. The van der Waals surface area contributed by atoms with Crippen molar-refractivity contribution >= 4 is 0 Å². The van der Waals surface area contributed by atoms with Crippen molar-refractivity contribution in [2.45, 2.75) is 38.3 Å². The Kier molecular flexibility index (Phi) is 2.89. The van der Waals surface area contributed by atoms with E-state index in [4.69, 9.17) is 0 Å². The monoisotopic (exact) mass is 263 g/mol. The molecule has 0 aliphatic heterocycles. The van der Waals surface area contributed by atoms with Crippen LogP contribution in [0.25, 0.3) is 0 Å². The lowest BCUT2D eigenvalue weighted by Crippen LogP contribution is -2.29. The first kappa shape index (κ1) is 12.2. The fraction of sp³-hybridized carbons (Fsp3) is 0.368. The number of hydrogen-bond donors (Lipinski definition) is 1. The Labute approximate surface area is 121 Å². The van der Waals surface area contributed by atoms with Gasteiger partial charge in [0.25, 0.3) is 0 Å². The molecule has 2 aromatic rings. The van der Waals surface area contributed by atoms with E-state index in [1.54, 1.807) is 0 Å². The summed E-state index contributed by atoms with van der Waals surface area (Å²) >= 11 is 0. The predicted molar refractivity (Wildman–Crippen MR) is 82.9 cm³/mol. The summed E-state index contributed by atoms with van der Waals surface area (Å²) in [5, 5.41) is 3.91. The van der Waals surface area contributed by atoms with Crippen molar-refractivity contribution in [3.63, 3.8) is 0 Å². The highest BCUT2D eigenvalue weighted by Gasteiger charge is 2.38. The van der Waals surface area contributed by atoms with Gasteiger partial charge in [-0.25, -0.2) is 0 Å². The van der Waals surface area contributed by atoms with Crippen LogP contribution in [0.3, 0.4) is 0 Å². The van der Waals surface area contributed by atoms with Gasteiger partial charge in [0, 0.05) is 6.04 Å². The highest BCUT2D eigenvalue weighted by molar-refractivity contribution is 5.48. The minimum Gasteiger partial charge on any atom is -0.303 e. The summed E-state index contributed by atoms with van der Waals surface area (Å²) in [6.07, 6.45) is 3.72. The van der Waals surface area contributed by atoms with Crippen LogP contribution in [0.2, 0.25) is 0 Å². The molecule has 0 aromatic heterocycles. The second kappa shape index (κ2) is 4.75. The molecule has 0 saturated heterocycles. The zero-order valence-corrected chi connectivity index (χ0v) is 12.0. The van der Waals surface area contributed by atoms with Crippen molar-refractivity contribution in [2.75, 3.05) is 0 Å². The molecule has 1 fully saturated rings. The van der Waals surface area contributed by atoms with Crippen LogP contribution in [0.4, 0.5) is 0 Å². The molecule has 0 spiro atoms. The molecule has 2 atom stereocenters. The minimum atomic E-state index is 0.387. The van der Waals surface area contributed by atoms with Gasteiger partial charge in [-0.1, -0.05) is 61.9 Å². The summed E-state index contributed by atoms with van der Waals surface area (Å²) in [6.45, 7) is 2.30. The van der Waals surface area contributed by atoms with Crippen LogP contribution >= 0.6 is 0 Å².